The van der Waals surface area contributed by atoms with Crippen LogP contribution in [0.15, 0.2) is 15.4 Å². The first-order chi connectivity index (χ1) is 7.65. The van der Waals surface area contributed by atoms with Gasteiger partial charge in [0.25, 0.3) is 0 Å². The van der Waals surface area contributed by atoms with Crippen LogP contribution in [-0.2, 0) is 9.47 Å². The average molecular weight is 328 g/mol. The molecular formula is C10H9BrClFO2S. The van der Waals surface area contributed by atoms with E-state index in [9.17, 15) is 4.39 Å². The van der Waals surface area contributed by atoms with Crippen LogP contribution in [-0.4, -0.2) is 19.5 Å². The summed E-state index contributed by atoms with van der Waals surface area (Å²) < 4.78 is 25.3. The van der Waals surface area contributed by atoms with Crippen LogP contribution in [0.1, 0.15) is 11.9 Å². The molecule has 0 amide bonds. The molecule has 0 unspecified atom stereocenters. The van der Waals surface area contributed by atoms with Crippen LogP contribution in [0, 0.1) is 5.82 Å². The van der Waals surface area contributed by atoms with Gasteiger partial charge >= 0.3 is 0 Å². The standard InChI is InChI=1S/C10H9BrClFO2S/c1-16-6-4-5(11)8(12)7(9(6)13)10-14-2-3-15-10/h4,10H,2-3H2,1H3. The monoisotopic (exact) mass is 326 g/mol. The number of hydrogen-bond donors (Lipinski definition) is 0. The molecular weight excluding hydrogens is 319 g/mol. The van der Waals surface area contributed by atoms with E-state index in [4.69, 9.17) is 21.1 Å². The molecule has 1 aliphatic heterocycles. The number of halogens is 3. The van der Waals surface area contributed by atoms with E-state index in [1.807, 2.05) is 0 Å². The van der Waals surface area contributed by atoms with Crippen LogP contribution in [0.2, 0.25) is 5.02 Å². The Labute approximate surface area is 111 Å². The van der Waals surface area contributed by atoms with Crippen molar-refractivity contribution < 1.29 is 13.9 Å². The van der Waals surface area contributed by atoms with Gasteiger partial charge in [-0.25, -0.2) is 4.39 Å². The molecule has 0 N–H and O–H groups in total. The fraction of sp³-hybridized carbons (Fsp3) is 0.400. The second-order valence-corrected chi connectivity index (χ2v) is 5.26. The molecule has 16 heavy (non-hydrogen) atoms. The minimum atomic E-state index is -0.698. The summed E-state index contributed by atoms with van der Waals surface area (Å²) in [5.74, 6) is -0.368. The minimum Gasteiger partial charge on any atom is -0.346 e. The summed E-state index contributed by atoms with van der Waals surface area (Å²) >= 11 is 10.7. The van der Waals surface area contributed by atoms with E-state index in [1.54, 1.807) is 12.3 Å². The Morgan fingerprint density at radius 2 is 2.12 bits per heavy atom. The lowest BCUT2D eigenvalue weighted by molar-refractivity contribution is -0.0467. The number of thioether (sulfide) groups is 1. The largest absolute Gasteiger partial charge is 0.346 e. The molecule has 0 spiro atoms. The van der Waals surface area contributed by atoms with Crippen LogP contribution < -0.4 is 0 Å². The van der Waals surface area contributed by atoms with Crippen LogP contribution in [0.25, 0.3) is 0 Å². The third-order valence-electron chi connectivity index (χ3n) is 2.23. The average Bonchev–Trinajstić information content (AvgIpc) is 2.77. The lowest BCUT2D eigenvalue weighted by Crippen LogP contribution is -2.04. The summed E-state index contributed by atoms with van der Waals surface area (Å²) in [5, 5.41) is 0.308. The highest BCUT2D eigenvalue weighted by Gasteiger charge is 2.27. The van der Waals surface area contributed by atoms with Crippen molar-refractivity contribution >= 4 is 39.3 Å². The predicted octanol–water partition coefficient (Wildman–Crippen LogP) is 4.01. The molecule has 1 aromatic rings. The summed E-state index contributed by atoms with van der Waals surface area (Å²) in [7, 11) is 0. The Kier molecular flexibility index (Phi) is 4.13. The first kappa shape index (κ1) is 12.6. The van der Waals surface area contributed by atoms with E-state index in [-0.39, 0.29) is 11.4 Å². The quantitative estimate of drug-likeness (QED) is 0.604. The van der Waals surface area contributed by atoms with Gasteiger partial charge in [-0.3, -0.25) is 0 Å². The zero-order chi connectivity index (χ0) is 11.7. The topological polar surface area (TPSA) is 18.5 Å². The van der Waals surface area contributed by atoms with E-state index in [2.05, 4.69) is 15.9 Å². The number of benzene rings is 1. The highest BCUT2D eigenvalue weighted by molar-refractivity contribution is 9.10. The van der Waals surface area contributed by atoms with Gasteiger partial charge in [0.1, 0.15) is 5.82 Å². The molecule has 6 heteroatoms. The predicted molar refractivity (Wildman–Crippen MR) is 65.5 cm³/mol. The second kappa shape index (κ2) is 5.23. The fourth-order valence-corrected chi connectivity index (χ4v) is 2.83. The van der Waals surface area contributed by atoms with Crippen molar-refractivity contribution in [1.29, 1.82) is 0 Å². The van der Waals surface area contributed by atoms with Crippen LogP contribution in [0.3, 0.4) is 0 Å². The van der Waals surface area contributed by atoms with Gasteiger partial charge in [-0.1, -0.05) is 11.6 Å². The van der Waals surface area contributed by atoms with E-state index in [1.165, 1.54) is 11.8 Å². The molecule has 0 aromatic heterocycles. The minimum absolute atomic E-state index is 0.276. The number of rotatable bonds is 2. The lowest BCUT2D eigenvalue weighted by atomic mass is 10.2. The first-order valence-corrected chi connectivity index (χ1v) is 6.99. The molecule has 2 nitrogen and oxygen atoms in total. The van der Waals surface area contributed by atoms with E-state index in [0.717, 1.165) is 0 Å². The normalized spacial score (nSPS) is 17.0. The maximum absolute atomic E-state index is 14.1. The summed E-state index contributed by atoms with van der Waals surface area (Å²) in [6.07, 6.45) is 1.11. The Balaban J connectivity index is 2.52. The maximum Gasteiger partial charge on any atom is 0.188 e. The molecule has 1 aromatic carbocycles. The van der Waals surface area contributed by atoms with Gasteiger partial charge < -0.3 is 9.47 Å². The third-order valence-corrected chi connectivity index (χ3v) is 4.23. The van der Waals surface area contributed by atoms with Crippen LogP contribution >= 0.6 is 39.3 Å². The Bertz CT molecular complexity index is 410. The zero-order valence-corrected chi connectivity index (χ0v) is 11.6. The molecule has 1 aliphatic rings. The van der Waals surface area contributed by atoms with E-state index >= 15 is 0 Å². The maximum atomic E-state index is 14.1. The number of ether oxygens (including phenoxy) is 2. The lowest BCUT2D eigenvalue weighted by Gasteiger charge is -2.15. The van der Waals surface area contributed by atoms with Gasteiger partial charge in [0.05, 0.1) is 23.8 Å². The molecule has 1 fully saturated rings. The van der Waals surface area contributed by atoms with Gasteiger partial charge in [0.15, 0.2) is 6.29 Å². The smallest absolute Gasteiger partial charge is 0.188 e. The van der Waals surface area contributed by atoms with Crippen molar-refractivity contribution in [3.63, 3.8) is 0 Å². The summed E-state index contributed by atoms with van der Waals surface area (Å²) in [5.41, 5.74) is 0.276. The molecule has 0 atom stereocenters. The summed E-state index contributed by atoms with van der Waals surface area (Å²) in [6, 6.07) is 1.65. The third kappa shape index (κ3) is 2.24. The first-order valence-electron chi connectivity index (χ1n) is 4.59. The van der Waals surface area contributed by atoms with Crippen molar-refractivity contribution in [3.05, 3.63) is 26.9 Å². The molecule has 0 radical (unpaired) electrons. The summed E-state index contributed by atoms with van der Waals surface area (Å²) in [6.45, 7) is 0.920. The SMILES string of the molecule is CSc1cc(Br)c(Cl)c(C2OCCO2)c1F. The van der Waals surface area contributed by atoms with Crippen LogP contribution in [0.5, 0.6) is 0 Å². The van der Waals surface area contributed by atoms with Crippen molar-refractivity contribution in [2.75, 3.05) is 19.5 Å². The second-order valence-electron chi connectivity index (χ2n) is 3.18. The molecule has 0 aliphatic carbocycles. The van der Waals surface area contributed by atoms with Crippen molar-refractivity contribution in [2.24, 2.45) is 0 Å². The van der Waals surface area contributed by atoms with E-state index in [0.29, 0.717) is 27.6 Å². The highest BCUT2D eigenvalue weighted by Crippen LogP contribution is 2.40. The molecule has 0 saturated carbocycles. The molecule has 2 rings (SSSR count). The molecule has 0 bridgehead atoms. The van der Waals surface area contributed by atoms with E-state index < -0.39 is 6.29 Å². The Morgan fingerprint density at radius 1 is 1.50 bits per heavy atom. The Morgan fingerprint density at radius 3 is 2.69 bits per heavy atom. The Hall–Kier alpha value is 0.190. The fourth-order valence-electron chi connectivity index (χ4n) is 1.48. The molecule has 1 saturated heterocycles. The van der Waals surface area contributed by atoms with Gasteiger partial charge in [0, 0.05) is 9.37 Å². The zero-order valence-electron chi connectivity index (χ0n) is 8.43. The van der Waals surface area contributed by atoms with Crippen molar-refractivity contribution in [1.82, 2.24) is 0 Å². The summed E-state index contributed by atoms with van der Waals surface area (Å²) in [4.78, 5) is 0.519. The number of hydrogen-bond acceptors (Lipinski definition) is 3. The van der Waals surface area contributed by atoms with Gasteiger partial charge in [0.2, 0.25) is 0 Å². The van der Waals surface area contributed by atoms with Gasteiger partial charge in [-0.15, -0.1) is 11.8 Å². The van der Waals surface area contributed by atoms with Gasteiger partial charge in [-0.05, 0) is 28.3 Å². The van der Waals surface area contributed by atoms with Crippen molar-refractivity contribution in [2.45, 2.75) is 11.2 Å². The molecule has 1 heterocycles. The van der Waals surface area contributed by atoms with Gasteiger partial charge in [-0.2, -0.15) is 0 Å². The highest BCUT2D eigenvalue weighted by atomic mass is 79.9. The van der Waals surface area contributed by atoms with Crippen molar-refractivity contribution in [3.8, 4) is 0 Å². The molecule has 88 valence electrons. The van der Waals surface area contributed by atoms with Crippen LogP contribution in [0.4, 0.5) is 4.39 Å².